The summed E-state index contributed by atoms with van der Waals surface area (Å²) >= 11 is 0. The zero-order valence-corrected chi connectivity index (χ0v) is 9.53. The Hall–Kier alpha value is 0. The minimum Gasteiger partial charge on any atom is -0.0628 e. The summed E-state index contributed by atoms with van der Waals surface area (Å²) in [6.07, 6.45) is 10.6. The van der Waals surface area contributed by atoms with Gasteiger partial charge in [-0.05, 0) is 61.7 Å². The van der Waals surface area contributed by atoms with Crippen molar-refractivity contribution in [2.45, 2.75) is 65.7 Å². The first kappa shape index (κ1) is 9.55. The molecule has 0 amide bonds. The fourth-order valence-electron chi connectivity index (χ4n) is 3.25. The average Bonchev–Trinajstić information content (AvgIpc) is 2.76. The Bertz CT molecular complexity index is 176. The van der Waals surface area contributed by atoms with E-state index in [1.807, 2.05) is 0 Å². The van der Waals surface area contributed by atoms with E-state index < -0.39 is 0 Å². The maximum absolute atomic E-state index is 2.52. The highest BCUT2D eigenvalue weighted by atomic mass is 14.5. The van der Waals surface area contributed by atoms with Crippen LogP contribution in [-0.4, -0.2) is 0 Å². The molecular weight excluding hydrogens is 156 g/mol. The van der Waals surface area contributed by atoms with E-state index in [1.54, 1.807) is 12.8 Å². The van der Waals surface area contributed by atoms with Crippen LogP contribution >= 0.6 is 0 Å². The Kier molecular flexibility index (Phi) is 2.20. The smallest absolute Gasteiger partial charge is 0.0297 e. The van der Waals surface area contributed by atoms with E-state index in [2.05, 4.69) is 20.8 Å². The van der Waals surface area contributed by atoms with E-state index in [0.29, 0.717) is 5.41 Å². The SMILES string of the molecule is CC(C)CC1(C)CCC2(CC1)CC2. The van der Waals surface area contributed by atoms with Crippen LogP contribution in [-0.2, 0) is 0 Å². The van der Waals surface area contributed by atoms with E-state index in [4.69, 9.17) is 0 Å². The van der Waals surface area contributed by atoms with Gasteiger partial charge in [0.15, 0.2) is 0 Å². The quantitative estimate of drug-likeness (QED) is 0.591. The Labute approximate surface area is 83.1 Å². The van der Waals surface area contributed by atoms with Crippen molar-refractivity contribution in [1.82, 2.24) is 0 Å². The van der Waals surface area contributed by atoms with Crippen LogP contribution in [0.25, 0.3) is 0 Å². The second-order valence-corrected chi connectivity index (χ2v) is 6.41. The lowest BCUT2D eigenvalue weighted by Crippen LogP contribution is -2.26. The van der Waals surface area contributed by atoms with Crippen molar-refractivity contribution in [3.63, 3.8) is 0 Å². The van der Waals surface area contributed by atoms with Gasteiger partial charge in [-0.2, -0.15) is 0 Å². The van der Waals surface area contributed by atoms with E-state index in [0.717, 1.165) is 11.3 Å². The van der Waals surface area contributed by atoms with E-state index in [9.17, 15) is 0 Å². The normalized spacial score (nSPS) is 29.5. The minimum absolute atomic E-state index is 0.696. The molecule has 13 heavy (non-hydrogen) atoms. The number of hydrogen-bond donors (Lipinski definition) is 0. The lowest BCUT2D eigenvalue weighted by Gasteiger charge is -2.39. The van der Waals surface area contributed by atoms with Gasteiger partial charge >= 0.3 is 0 Å². The van der Waals surface area contributed by atoms with Gasteiger partial charge in [0.1, 0.15) is 0 Å². The molecule has 2 aliphatic rings. The summed E-state index contributed by atoms with van der Waals surface area (Å²) in [6, 6.07) is 0. The third-order valence-electron chi connectivity index (χ3n) is 4.38. The van der Waals surface area contributed by atoms with Gasteiger partial charge in [0, 0.05) is 0 Å². The maximum atomic E-state index is 2.52. The topological polar surface area (TPSA) is 0 Å². The van der Waals surface area contributed by atoms with Gasteiger partial charge in [-0.3, -0.25) is 0 Å². The molecule has 0 heterocycles. The van der Waals surface area contributed by atoms with Gasteiger partial charge in [-0.15, -0.1) is 0 Å². The van der Waals surface area contributed by atoms with Crippen LogP contribution in [0.4, 0.5) is 0 Å². The van der Waals surface area contributed by atoms with Gasteiger partial charge in [-0.1, -0.05) is 20.8 Å². The average molecular weight is 180 g/mol. The molecule has 0 saturated heterocycles. The highest BCUT2D eigenvalue weighted by Gasteiger charge is 2.47. The number of hydrogen-bond acceptors (Lipinski definition) is 0. The molecule has 0 atom stereocenters. The summed E-state index contributed by atoms with van der Waals surface area (Å²) in [5.74, 6) is 0.887. The summed E-state index contributed by atoms with van der Waals surface area (Å²) in [5, 5.41) is 0. The molecule has 0 unspecified atom stereocenters. The first-order valence-electron chi connectivity index (χ1n) is 6.04. The second-order valence-electron chi connectivity index (χ2n) is 6.41. The van der Waals surface area contributed by atoms with Crippen LogP contribution in [0, 0.1) is 16.7 Å². The molecule has 0 heteroatoms. The standard InChI is InChI=1S/C13H24/c1-11(2)10-12(3)4-6-13(7-5-12)8-9-13/h11H,4-10H2,1-3H3. The molecule has 2 fully saturated rings. The molecule has 2 saturated carbocycles. The van der Waals surface area contributed by atoms with Gasteiger partial charge in [0.2, 0.25) is 0 Å². The zero-order valence-electron chi connectivity index (χ0n) is 9.53. The first-order chi connectivity index (χ1) is 6.04. The van der Waals surface area contributed by atoms with Crippen molar-refractivity contribution in [2.75, 3.05) is 0 Å². The van der Waals surface area contributed by atoms with Gasteiger partial charge in [0.25, 0.3) is 0 Å². The van der Waals surface area contributed by atoms with Gasteiger partial charge in [0.05, 0.1) is 0 Å². The van der Waals surface area contributed by atoms with Crippen LogP contribution < -0.4 is 0 Å². The van der Waals surface area contributed by atoms with Gasteiger partial charge in [-0.25, -0.2) is 0 Å². The molecule has 1 spiro atoms. The lowest BCUT2D eigenvalue weighted by atomic mass is 9.67. The summed E-state index contributed by atoms with van der Waals surface area (Å²) in [6.45, 7) is 7.25. The first-order valence-corrected chi connectivity index (χ1v) is 6.04. The van der Waals surface area contributed by atoms with Crippen molar-refractivity contribution in [1.29, 1.82) is 0 Å². The molecule has 2 aliphatic carbocycles. The molecule has 0 N–H and O–H groups in total. The molecule has 0 aromatic rings. The molecule has 76 valence electrons. The van der Waals surface area contributed by atoms with Crippen molar-refractivity contribution < 1.29 is 0 Å². The van der Waals surface area contributed by atoms with Crippen LogP contribution in [0.3, 0.4) is 0 Å². The minimum atomic E-state index is 0.696. The van der Waals surface area contributed by atoms with Crippen molar-refractivity contribution in [3.8, 4) is 0 Å². The molecule has 0 radical (unpaired) electrons. The Morgan fingerprint density at radius 3 is 1.77 bits per heavy atom. The van der Waals surface area contributed by atoms with Crippen LogP contribution in [0.1, 0.15) is 65.7 Å². The van der Waals surface area contributed by atoms with E-state index in [-0.39, 0.29) is 0 Å². The third kappa shape index (κ3) is 2.08. The molecule has 0 aliphatic heterocycles. The third-order valence-corrected chi connectivity index (χ3v) is 4.38. The van der Waals surface area contributed by atoms with E-state index >= 15 is 0 Å². The fourth-order valence-corrected chi connectivity index (χ4v) is 3.25. The summed E-state index contributed by atoms with van der Waals surface area (Å²) in [5.41, 5.74) is 1.57. The fraction of sp³-hybridized carbons (Fsp3) is 1.00. The van der Waals surface area contributed by atoms with E-state index in [1.165, 1.54) is 32.1 Å². The molecular formula is C13H24. The lowest BCUT2D eigenvalue weighted by molar-refractivity contribution is 0.129. The van der Waals surface area contributed by atoms with Crippen molar-refractivity contribution in [3.05, 3.63) is 0 Å². The molecule has 0 nitrogen and oxygen atoms in total. The van der Waals surface area contributed by atoms with Gasteiger partial charge < -0.3 is 0 Å². The highest BCUT2D eigenvalue weighted by molar-refractivity contribution is 4.99. The highest BCUT2D eigenvalue weighted by Crippen LogP contribution is 2.60. The van der Waals surface area contributed by atoms with Crippen LogP contribution in [0.15, 0.2) is 0 Å². The molecule has 0 bridgehead atoms. The van der Waals surface area contributed by atoms with Crippen LogP contribution in [0.5, 0.6) is 0 Å². The van der Waals surface area contributed by atoms with Crippen molar-refractivity contribution >= 4 is 0 Å². The Morgan fingerprint density at radius 1 is 0.923 bits per heavy atom. The predicted molar refractivity (Wildman–Crippen MR) is 57.7 cm³/mol. The predicted octanol–water partition coefficient (Wildman–Crippen LogP) is 4.39. The second kappa shape index (κ2) is 3.00. The molecule has 0 aromatic carbocycles. The Morgan fingerprint density at radius 2 is 1.38 bits per heavy atom. The summed E-state index contributed by atoms with van der Waals surface area (Å²) in [4.78, 5) is 0. The van der Waals surface area contributed by atoms with Crippen molar-refractivity contribution in [2.24, 2.45) is 16.7 Å². The molecule has 2 rings (SSSR count). The maximum Gasteiger partial charge on any atom is -0.0297 e. The summed E-state index contributed by atoms with van der Waals surface area (Å²) in [7, 11) is 0. The van der Waals surface area contributed by atoms with Crippen LogP contribution in [0.2, 0.25) is 0 Å². The monoisotopic (exact) mass is 180 g/mol. The molecule has 0 aromatic heterocycles. The largest absolute Gasteiger partial charge is 0.0628 e. The Balaban J connectivity index is 1.87. The number of rotatable bonds is 2. The summed E-state index contributed by atoms with van der Waals surface area (Å²) < 4.78 is 0. The zero-order chi connectivity index (χ0) is 9.53.